The molecule has 2 rings (SSSR count). The molecule has 0 spiro atoms. The lowest BCUT2D eigenvalue weighted by Gasteiger charge is -2.12. The van der Waals surface area contributed by atoms with E-state index >= 15 is 0 Å². The molecule has 1 aromatic rings. The number of hydrogen-bond acceptors (Lipinski definition) is 6. The minimum atomic E-state index is -3.80. The van der Waals surface area contributed by atoms with E-state index in [1.54, 1.807) is 20.9 Å². The lowest BCUT2D eigenvalue weighted by Crippen LogP contribution is -2.36. The molecule has 21 heavy (non-hydrogen) atoms. The molecule has 1 fully saturated rings. The molecule has 120 valence electrons. The normalized spacial score (nSPS) is 21.8. The molecule has 7 nitrogen and oxygen atoms in total. The van der Waals surface area contributed by atoms with Crippen molar-refractivity contribution >= 4 is 19.9 Å². The summed E-state index contributed by atoms with van der Waals surface area (Å²) < 4.78 is 55.8. The number of nitrogens with one attached hydrogen (secondary N) is 2. The predicted molar refractivity (Wildman–Crippen MR) is 78.3 cm³/mol. The van der Waals surface area contributed by atoms with Gasteiger partial charge in [-0.3, -0.25) is 0 Å². The lowest BCUT2D eigenvalue weighted by molar-refractivity contribution is 0.492. The summed E-state index contributed by atoms with van der Waals surface area (Å²) in [6.45, 7) is 3.66. The van der Waals surface area contributed by atoms with Crippen molar-refractivity contribution in [3.8, 4) is 0 Å². The minimum absolute atomic E-state index is 0.0208. The smallest absolute Gasteiger partial charge is 0.244 e. The molecule has 0 radical (unpaired) electrons. The van der Waals surface area contributed by atoms with Crippen molar-refractivity contribution in [2.24, 2.45) is 0 Å². The van der Waals surface area contributed by atoms with Gasteiger partial charge in [0.2, 0.25) is 10.0 Å². The van der Waals surface area contributed by atoms with E-state index in [4.69, 9.17) is 4.42 Å². The van der Waals surface area contributed by atoms with Gasteiger partial charge in [0.25, 0.3) is 0 Å². The quantitative estimate of drug-likeness (QED) is 0.789. The zero-order chi connectivity index (χ0) is 15.8. The predicted octanol–water partition coefficient (Wildman–Crippen LogP) is 0.0812. The van der Waals surface area contributed by atoms with E-state index in [2.05, 4.69) is 10.0 Å². The van der Waals surface area contributed by atoms with Crippen LogP contribution in [0.4, 0.5) is 0 Å². The highest BCUT2D eigenvalue weighted by atomic mass is 32.2. The first-order valence-electron chi connectivity index (χ1n) is 6.62. The highest BCUT2D eigenvalue weighted by molar-refractivity contribution is 7.92. The van der Waals surface area contributed by atoms with E-state index in [1.807, 2.05) is 0 Å². The summed E-state index contributed by atoms with van der Waals surface area (Å²) in [7, 11) is -5.23. The van der Waals surface area contributed by atoms with Gasteiger partial charge < -0.3 is 9.73 Å². The van der Waals surface area contributed by atoms with Crippen LogP contribution in [-0.2, 0) is 26.4 Å². The third-order valence-corrected chi connectivity index (χ3v) is 6.98. The maximum absolute atomic E-state index is 12.5. The zero-order valence-corrected chi connectivity index (χ0v) is 13.9. The number of furan rings is 1. The second-order valence-corrected chi connectivity index (χ2v) is 9.15. The number of aryl methyl sites for hydroxylation is 2. The maximum Gasteiger partial charge on any atom is 0.244 e. The first-order chi connectivity index (χ1) is 9.66. The molecule has 0 amide bonds. The molecule has 2 heterocycles. The fraction of sp³-hybridized carbons (Fsp3) is 0.667. The van der Waals surface area contributed by atoms with Crippen molar-refractivity contribution in [1.82, 2.24) is 10.0 Å². The molecular formula is C12H20N2O5S2. The molecule has 9 heteroatoms. The van der Waals surface area contributed by atoms with E-state index in [9.17, 15) is 16.8 Å². The summed E-state index contributed by atoms with van der Waals surface area (Å²) in [4.78, 5) is 0.110. The molecule has 0 bridgehead atoms. The standard InChI is InChI=1S/C12H20N2O5S2/c1-8-11(6-13-3)12(9(2)19-8)21(17,18)14-10-4-5-20(15,16)7-10/h10,13-14H,4-7H2,1-3H3. The third-order valence-electron chi connectivity index (χ3n) is 3.50. The summed E-state index contributed by atoms with van der Waals surface area (Å²) in [6, 6.07) is -0.572. The Hall–Kier alpha value is -0.900. The van der Waals surface area contributed by atoms with Gasteiger partial charge in [0.15, 0.2) is 9.84 Å². The first kappa shape index (κ1) is 16.5. The summed E-state index contributed by atoms with van der Waals surface area (Å²) in [5, 5.41) is 2.91. The number of sulfonamides is 1. The molecule has 1 unspecified atom stereocenters. The summed E-state index contributed by atoms with van der Waals surface area (Å²) in [6.07, 6.45) is 0.304. The second kappa shape index (κ2) is 5.71. The molecule has 2 N–H and O–H groups in total. The molecular weight excluding hydrogens is 316 g/mol. The average molecular weight is 336 g/mol. The van der Waals surface area contributed by atoms with Gasteiger partial charge >= 0.3 is 0 Å². The van der Waals surface area contributed by atoms with Crippen molar-refractivity contribution in [2.45, 2.75) is 37.8 Å². The van der Waals surface area contributed by atoms with Crippen molar-refractivity contribution in [1.29, 1.82) is 0 Å². The van der Waals surface area contributed by atoms with Crippen molar-refractivity contribution in [3.05, 3.63) is 17.1 Å². The van der Waals surface area contributed by atoms with Gasteiger partial charge in [-0.05, 0) is 27.3 Å². The number of hydrogen-bond donors (Lipinski definition) is 2. The van der Waals surface area contributed by atoms with E-state index in [-0.39, 0.29) is 16.4 Å². The number of rotatable bonds is 5. The molecule has 0 aromatic carbocycles. The van der Waals surface area contributed by atoms with Gasteiger partial charge in [-0.15, -0.1) is 0 Å². The second-order valence-electron chi connectivity index (χ2n) is 5.27. The Morgan fingerprint density at radius 2 is 1.95 bits per heavy atom. The van der Waals surface area contributed by atoms with Crippen LogP contribution in [0.1, 0.15) is 23.5 Å². The fourth-order valence-electron chi connectivity index (χ4n) is 2.61. The molecule has 1 saturated heterocycles. The van der Waals surface area contributed by atoms with Crippen LogP contribution >= 0.6 is 0 Å². The monoisotopic (exact) mass is 336 g/mol. The van der Waals surface area contributed by atoms with E-state index in [1.165, 1.54) is 0 Å². The van der Waals surface area contributed by atoms with Gasteiger partial charge in [0, 0.05) is 18.2 Å². The first-order valence-corrected chi connectivity index (χ1v) is 9.93. The van der Waals surface area contributed by atoms with Crippen LogP contribution in [0.3, 0.4) is 0 Å². The van der Waals surface area contributed by atoms with E-state index in [0.717, 1.165) is 0 Å². The van der Waals surface area contributed by atoms with Crippen molar-refractivity contribution in [3.63, 3.8) is 0 Å². The van der Waals surface area contributed by atoms with Crippen LogP contribution in [-0.4, -0.2) is 41.4 Å². The van der Waals surface area contributed by atoms with Crippen LogP contribution in [0.2, 0.25) is 0 Å². The largest absolute Gasteiger partial charge is 0.465 e. The van der Waals surface area contributed by atoms with Gasteiger partial charge in [-0.1, -0.05) is 0 Å². The molecule has 0 saturated carbocycles. The van der Waals surface area contributed by atoms with Crippen LogP contribution in [0.15, 0.2) is 9.31 Å². The average Bonchev–Trinajstić information content (AvgIpc) is 2.79. The van der Waals surface area contributed by atoms with Crippen LogP contribution in [0.25, 0.3) is 0 Å². The van der Waals surface area contributed by atoms with E-state index in [0.29, 0.717) is 30.0 Å². The van der Waals surface area contributed by atoms with Gasteiger partial charge in [0.1, 0.15) is 16.4 Å². The Kier molecular flexibility index (Phi) is 4.48. The fourth-order valence-corrected chi connectivity index (χ4v) is 6.11. The molecule has 1 atom stereocenters. The Morgan fingerprint density at radius 3 is 2.48 bits per heavy atom. The van der Waals surface area contributed by atoms with Crippen molar-refractivity contribution in [2.75, 3.05) is 18.6 Å². The number of sulfone groups is 1. The molecule has 1 aromatic heterocycles. The zero-order valence-electron chi connectivity index (χ0n) is 12.3. The van der Waals surface area contributed by atoms with Gasteiger partial charge in [-0.25, -0.2) is 21.6 Å². The Morgan fingerprint density at radius 1 is 1.29 bits per heavy atom. The maximum atomic E-state index is 12.5. The van der Waals surface area contributed by atoms with Crippen LogP contribution < -0.4 is 10.0 Å². The van der Waals surface area contributed by atoms with E-state index < -0.39 is 25.9 Å². The summed E-state index contributed by atoms with van der Waals surface area (Å²) >= 11 is 0. The minimum Gasteiger partial charge on any atom is -0.465 e. The lowest BCUT2D eigenvalue weighted by atomic mass is 10.2. The van der Waals surface area contributed by atoms with Gasteiger partial charge in [-0.2, -0.15) is 0 Å². The Labute approximate surface area is 125 Å². The Bertz CT molecular complexity index is 734. The van der Waals surface area contributed by atoms with Crippen LogP contribution in [0, 0.1) is 13.8 Å². The molecule has 0 aliphatic carbocycles. The third kappa shape index (κ3) is 3.47. The highest BCUT2D eigenvalue weighted by Crippen LogP contribution is 2.27. The highest BCUT2D eigenvalue weighted by Gasteiger charge is 2.34. The summed E-state index contributed by atoms with van der Waals surface area (Å²) in [5.74, 6) is 0.726. The van der Waals surface area contributed by atoms with Gasteiger partial charge in [0.05, 0.1) is 11.5 Å². The molecule has 1 aliphatic heterocycles. The van der Waals surface area contributed by atoms with Crippen LogP contribution in [0.5, 0.6) is 0 Å². The van der Waals surface area contributed by atoms with Crippen molar-refractivity contribution < 1.29 is 21.3 Å². The molecule has 1 aliphatic rings. The summed E-state index contributed by atoms with van der Waals surface area (Å²) in [5.41, 5.74) is 0.573. The topological polar surface area (TPSA) is 105 Å². The Balaban J connectivity index is 2.32. The SMILES string of the molecule is CNCc1c(C)oc(C)c1S(=O)(=O)NC1CCS(=O)(=O)C1.